The van der Waals surface area contributed by atoms with Gasteiger partial charge in [0, 0.05) is 13.7 Å². The third kappa shape index (κ3) is 4.36. The van der Waals surface area contributed by atoms with Gasteiger partial charge in [0.15, 0.2) is 5.82 Å². The molecular weight excluding hydrogens is 220 g/mol. The Balaban J connectivity index is 2.42. The number of hydrogen-bond donors (Lipinski definition) is 2. The Morgan fingerprint density at radius 1 is 1.60 bits per heavy atom. The van der Waals surface area contributed by atoms with E-state index in [1.165, 1.54) is 11.0 Å². The highest BCUT2D eigenvalue weighted by atomic mass is 32.2. The number of aromatic nitrogens is 3. The number of aliphatic hydroxyl groups excluding tert-OH is 1. The molecule has 7 nitrogen and oxygen atoms in total. The van der Waals surface area contributed by atoms with E-state index in [0.717, 1.165) is 0 Å². The van der Waals surface area contributed by atoms with Crippen molar-refractivity contribution in [2.45, 2.75) is 13.0 Å². The Morgan fingerprint density at radius 2 is 2.33 bits per heavy atom. The van der Waals surface area contributed by atoms with Crippen molar-refractivity contribution < 1.29 is 13.5 Å². The predicted octanol–water partition coefficient (Wildman–Crippen LogP) is -1.38. The molecule has 1 heterocycles. The van der Waals surface area contributed by atoms with E-state index in [4.69, 9.17) is 5.11 Å². The minimum atomic E-state index is -3.33. The maximum atomic E-state index is 11.3. The van der Waals surface area contributed by atoms with Crippen LogP contribution in [0.25, 0.3) is 0 Å². The van der Waals surface area contributed by atoms with Crippen LogP contribution >= 0.6 is 0 Å². The first kappa shape index (κ1) is 12.1. The van der Waals surface area contributed by atoms with E-state index in [1.54, 1.807) is 7.05 Å². The van der Waals surface area contributed by atoms with Crippen LogP contribution < -0.4 is 4.72 Å². The lowest BCUT2D eigenvalue weighted by Gasteiger charge is -2.02. The predicted molar refractivity (Wildman–Crippen MR) is 53.3 cm³/mol. The molecule has 0 fully saturated rings. The van der Waals surface area contributed by atoms with Crippen LogP contribution in [0.15, 0.2) is 6.33 Å². The van der Waals surface area contributed by atoms with Crippen LogP contribution in [0.5, 0.6) is 0 Å². The lowest BCUT2D eigenvalue weighted by molar-refractivity contribution is 0.295. The molecule has 86 valence electrons. The smallest absolute Gasteiger partial charge is 0.212 e. The Morgan fingerprint density at radius 3 is 2.87 bits per heavy atom. The van der Waals surface area contributed by atoms with E-state index in [9.17, 15) is 8.42 Å². The summed E-state index contributed by atoms with van der Waals surface area (Å²) in [4.78, 5) is 3.87. The van der Waals surface area contributed by atoms with Gasteiger partial charge < -0.3 is 5.11 Å². The van der Waals surface area contributed by atoms with Gasteiger partial charge in [-0.2, -0.15) is 5.10 Å². The van der Waals surface area contributed by atoms with E-state index in [-0.39, 0.29) is 25.3 Å². The van der Waals surface area contributed by atoms with Crippen LogP contribution in [0, 0.1) is 0 Å². The second-order valence-corrected chi connectivity index (χ2v) is 4.98. The van der Waals surface area contributed by atoms with Gasteiger partial charge in [0.2, 0.25) is 10.0 Å². The molecule has 0 aliphatic rings. The maximum absolute atomic E-state index is 11.3. The Hall–Kier alpha value is -0.990. The van der Waals surface area contributed by atoms with Crippen LogP contribution in [-0.4, -0.2) is 40.6 Å². The van der Waals surface area contributed by atoms with E-state index < -0.39 is 10.0 Å². The quantitative estimate of drug-likeness (QED) is 0.632. The summed E-state index contributed by atoms with van der Waals surface area (Å²) in [5.41, 5.74) is 0. The summed E-state index contributed by atoms with van der Waals surface area (Å²) in [6.45, 7) is -0.0582. The molecule has 0 amide bonds. The van der Waals surface area contributed by atoms with Crippen LogP contribution in [0.4, 0.5) is 0 Å². The molecule has 0 radical (unpaired) electrons. The fourth-order valence-corrected chi connectivity index (χ4v) is 1.97. The molecule has 0 aliphatic heterocycles. The zero-order valence-electron chi connectivity index (χ0n) is 8.42. The number of aliphatic hydroxyl groups is 1. The molecule has 1 rings (SSSR count). The second-order valence-electron chi connectivity index (χ2n) is 3.05. The highest BCUT2D eigenvalue weighted by Gasteiger charge is 2.10. The third-order valence-electron chi connectivity index (χ3n) is 1.67. The maximum Gasteiger partial charge on any atom is 0.212 e. The van der Waals surface area contributed by atoms with Crippen molar-refractivity contribution in [1.82, 2.24) is 19.5 Å². The topological polar surface area (TPSA) is 97.1 Å². The minimum Gasteiger partial charge on any atom is -0.396 e. The first-order valence-corrected chi connectivity index (χ1v) is 6.11. The molecule has 0 bridgehead atoms. The van der Waals surface area contributed by atoms with Crippen molar-refractivity contribution in [3.8, 4) is 0 Å². The van der Waals surface area contributed by atoms with Gasteiger partial charge in [0.25, 0.3) is 0 Å². The highest BCUT2D eigenvalue weighted by molar-refractivity contribution is 7.89. The second kappa shape index (κ2) is 5.19. The van der Waals surface area contributed by atoms with Crippen molar-refractivity contribution in [1.29, 1.82) is 0 Å². The van der Waals surface area contributed by atoms with Crippen LogP contribution in [0.2, 0.25) is 0 Å². The van der Waals surface area contributed by atoms with Gasteiger partial charge in [-0.1, -0.05) is 0 Å². The average molecular weight is 234 g/mol. The summed E-state index contributed by atoms with van der Waals surface area (Å²) < 4.78 is 26.4. The molecular formula is C7H14N4O3S. The standard InChI is InChI=1S/C7H14N4O3S/c1-11-6-8-7(10-11)5-9-15(13,14)4-2-3-12/h6,9,12H,2-5H2,1H3. The van der Waals surface area contributed by atoms with E-state index in [0.29, 0.717) is 5.82 Å². The van der Waals surface area contributed by atoms with Crippen molar-refractivity contribution in [2.24, 2.45) is 7.05 Å². The largest absolute Gasteiger partial charge is 0.396 e. The first-order valence-electron chi connectivity index (χ1n) is 4.46. The Kier molecular flexibility index (Phi) is 4.18. The fourth-order valence-electron chi connectivity index (χ4n) is 0.966. The SMILES string of the molecule is Cn1cnc(CNS(=O)(=O)CCCO)n1. The average Bonchev–Trinajstić information content (AvgIpc) is 2.59. The van der Waals surface area contributed by atoms with Crippen molar-refractivity contribution >= 4 is 10.0 Å². The molecule has 0 saturated carbocycles. The van der Waals surface area contributed by atoms with Crippen molar-refractivity contribution in [3.63, 3.8) is 0 Å². The molecule has 0 aliphatic carbocycles. The van der Waals surface area contributed by atoms with Crippen molar-refractivity contribution in [3.05, 3.63) is 12.2 Å². The van der Waals surface area contributed by atoms with Gasteiger partial charge in [-0.05, 0) is 6.42 Å². The number of rotatable bonds is 6. The molecule has 0 saturated heterocycles. The number of aryl methyl sites for hydroxylation is 1. The van der Waals surface area contributed by atoms with E-state index in [2.05, 4.69) is 14.8 Å². The van der Waals surface area contributed by atoms with Crippen LogP contribution in [-0.2, 0) is 23.6 Å². The highest BCUT2D eigenvalue weighted by Crippen LogP contribution is 1.92. The summed E-state index contributed by atoms with van der Waals surface area (Å²) in [6, 6.07) is 0. The lowest BCUT2D eigenvalue weighted by Crippen LogP contribution is -2.26. The van der Waals surface area contributed by atoms with Crippen molar-refractivity contribution in [2.75, 3.05) is 12.4 Å². The summed E-state index contributed by atoms with van der Waals surface area (Å²) in [5, 5.41) is 12.4. The molecule has 0 aromatic carbocycles. The summed E-state index contributed by atoms with van der Waals surface area (Å²) in [6.07, 6.45) is 1.72. The van der Waals surface area contributed by atoms with Gasteiger partial charge in [0.1, 0.15) is 6.33 Å². The van der Waals surface area contributed by atoms with Crippen LogP contribution in [0.3, 0.4) is 0 Å². The Labute approximate surface area is 88.2 Å². The van der Waals surface area contributed by atoms with Gasteiger partial charge in [-0.25, -0.2) is 18.1 Å². The molecule has 15 heavy (non-hydrogen) atoms. The minimum absolute atomic E-state index is 0.0780. The van der Waals surface area contributed by atoms with Gasteiger partial charge in [-0.15, -0.1) is 0 Å². The van der Waals surface area contributed by atoms with Gasteiger partial charge >= 0.3 is 0 Å². The van der Waals surface area contributed by atoms with E-state index >= 15 is 0 Å². The van der Waals surface area contributed by atoms with E-state index in [1.807, 2.05) is 0 Å². The first-order chi connectivity index (χ1) is 7.03. The number of nitrogens with zero attached hydrogens (tertiary/aromatic N) is 3. The van der Waals surface area contributed by atoms with Crippen LogP contribution in [0.1, 0.15) is 12.2 Å². The molecule has 0 spiro atoms. The zero-order chi connectivity index (χ0) is 11.3. The van der Waals surface area contributed by atoms with Gasteiger partial charge in [0.05, 0.1) is 12.3 Å². The van der Waals surface area contributed by atoms with Gasteiger partial charge in [-0.3, -0.25) is 4.68 Å². The molecule has 1 aromatic rings. The summed E-state index contributed by atoms with van der Waals surface area (Å²) in [7, 11) is -1.63. The Bertz CT molecular complexity index is 400. The lowest BCUT2D eigenvalue weighted by atomic mass is 10.5. The fraction of sp³-hybridized carbons (Fsp3) is 0.714. The number of nitrogens with one attached hydrogen (secondary N) is 1. The molecule has 8 heteroatoms. The zero-order valence-corrected chi connectivity index (χ0v) is 9.24. The third-order valence-corrected chi connectivity index (χ3v) is 3.08. The summed E-state index contributed by atoms with van der Waals surface area (Å²) >= 11 is 0. The summed E-state index contributed by atoms with van der Waals surface area (Å²) in [5.74, 6) is 0.334. The monoisotopic (exact) mass is 234 g/mol. The number of sulfonamides is 1. The molecule has 0 unspecified atom stereocenters. The number of hydrogen-bond acceptors (Lipinski definition) is 5. The molecule has 2 N–H and O–H groups in total. The normalized spacial score (nSPS) is 11.9. The molecule has 1 aromatic heterocycles. The molecule has 0 atom stereocenters.